The number of nitrogens with zero attached hydrogens (tertiary/aromatic N) is 1. The Balaban J connectivity index is 1.51. The van der Waals surface area contributed by atoms with Gasteiger partial charge in [0, 0.05) is 22.2 Å². The lowest BCUT2D eigenvalue weighted by Gasteiger charge is -2.34. The van der Waals surface area contributed by atoms with Crippen molar-refractivity contribution in [2.45, 2.75) is 24.5 Å². The number of hydrogen-bond donors (Lipinski definition) is 0. The van der Waals surface area contributed by atoms with Crippen LogP contribution in [-0.4, -0.2) is 41.5 Å². The quantitative estimate of drug-likeness (QED) is 0.652. The van der Waals surface area contributed by atoms with E-state index in [0.717, 1.165) is 15.6 Å². The van der Waals surface area contributed by atoms with E-state index in [-0.39, 0.29) is 35.5 Å². The first-order valence-electron chi connectivity index (χ1n) is 9.78. The molecule has 0 amide bonds. The van der Waals surface area contributed by atoms with Crippen molar-refractivity contribution in [2.75, 3.05) is 6.61 Å². The molecular formula is C23H18BrNO4. The van der Waals surface area contributed by atoms with Crippen molar-refractivity contribution in [3.63, 3.8) is 0 Å². The molecule has 5 nitrogen and oxygen atoms in total. The van der Waals surface area contributed by atoms with Gasteiger partial charge in [-0.3, -0.25) is 9.59 Å². The van der Waals surface area contributed by atoms with Crippen LogP contribution in [0.15, 0.2) is 59.2 Å². The third-order valence-corrected chi connectivity index (χ3v) is 7.07. The zero-order chi connectivity index (χ0) is 19.7. The maximum absolute atomic E-state index is 13.7. The van der Waals surface area contributed by atoms with Gasteiger partial charge in [-0.15, -0.1) is 0 Å². The summed E-state index contributed by atoms with van der Waals surface area (Å²) in [6, 6.07) is 14.9. The number of hydrogen-bond acceptors (Lipinski definition) is 5. The van der Waals surface area contributed by atoms with E-state index in [1.807, 2.05) is 48.7 Å². The number of carbonyl (C=O) groups is 2. The molecule has 3 saturated heterocycles. The number of ether oxygens (including phenoxy) is 2. The van der Waals surface area contributed by atoms with Gasteiger partial charge in [0.15, 0.2) is 11.6 Å². The maximum Gasteiger partial charge on any atom is 0.218 e. The fourth-order valence-electron chi connectivity index (χ4n) is 5.43. The van der Waals surface area contributed by atoms with E-state index < -0.39 is 12.3 Å². The lowest BCUT2D eigenvalue weighted by atomic mass is 9.75. The van der Waals surface area contributed by atoms with Crippen LogP contribution in [0, 0.1) is 11.8 Å². The molecule has 4 aliphatic rings. The van der Waals surface area contributed by atoms with Crippen molar-refractivity contribution in [1.82, 2.24) is 4.90 Å². The molecule has 0 aliphatic carbocycles. The summed E-state index contributed by atoms with van der Waals surface area (Å²) in [5.74, 6) is -0.607. The van der Waals surface area contributed by atoms with Gasteiger partial charge in [-0.1, -0.05) is 52.3 Å². The molecule has 6 atom stereocenters. The molecule has 2 aromatic carbocycles. The van der Waals surface area contributed by atoms with Gasteiger partial charge in [0.1, 0.15) is 0 Å². The summed E-state index contributed by atoms with van der Waals surface area (Å²) >= 11 is 3.46. The van der Waals surface area contributed by atoms with Gasteiger partial charge in [0.25, 0.3) is 0 Å². The lowest BCUT2D eigenvalue weighted by molar-refractivity contribution is -0.164. The van der Waals surface area contributed by atoms with Gasteiger partial charge in [-0.05, 0) is 29.3 Å². The van der Waals surface area contributed by atoms with Crippen LogP contribution in [0.2, 0.25) is 0 Å². The average molecular weight is 452 g/mol. The minimum Gasteiger partial charge on any atom is -0.359 e. The first kappa shape index (κ1) is 17.6. The van der Waals surface area contributed by atoms with Crippen LogP contribution in [0.25, 0.3) is 6.08 Å². The number of rotatable bonds is 2. The van der Waals surface area contributed by atoms with E-state index >= 15 is 0 Å². The highest BCUT2D eigenvalue weighted by atomic mass is 79.9. The molecule has 29 heavy (non-hydrogen) atoms. The minimum atomic E-state index is -0.805. The Bertz CT molecular complexity index is 1070. The highest BCUT2D eigenvalue weighted by molar-refractivity contribution is 9.10. The van der Waals surface area contributed by atoms with Gasteiger partial charge < -0.3 is 14.4 Å². The second kappa shape index (κ2) is 6.36. The summed E-state index contributed by atoms with van der Waals surface area (Å²) in [5.41, 5.74) is 2.81. The van der Waals surface area contributed by atoms with Gasteiger partial charge in [-0.2, -0.15) is 0 Å². The van der Waals surface area contributed by atoms with Gasteiger partial charge >= 0.3 is 0 Å². The van der Waals surface area contributed by atoms with Crippen LogP contribution < -0.4 is 0 Å². The van der Waals surface area contributed by atoms with Crippen LogP contribution >= 0.6 is 15.9 Å². The number of ketones is 2. The Morgan fingerprint density at radius 2 is 2.00 bits per heavy atom. The van der Waals surface area contributed by atoms with Crippen molar-refractivity contribution >= 4 is 33.6 Å². The minimum absolute atomic E-state index is 0.00887. The van der Waals surface area contributed by atoms with Crippen molar-refractivity contribution in [3.05, 3.63) is 75.9 Å². The summed E-state index contributed by atoms with van der Waals surface area (Å²) in [6.07, 6.45) is 2.95. The molecule has 0 aromatic heterocycles. The average Bonchev–Trinajstić information content (AvgIpc) is 3.33. The van der Waals surface area contributed by atoms with E-state index in [1.54, 1.807) is 0 Å². The lowest BCUT2D eigenvalue weighted by Crippen LogP contribution is -2.48. The smallest absolute Gasteiger partial charge is 0.218 e. The van der Waals surface area contributed by atoms with Crippen LogP contribution in [0.4, 0.5) is 0 Å². The van der Waals surface area contributed by atoms with E-state index in [1.165, 1.54) is 0 Å². The first-order chi connectivity index (χ1) is 14.1. The normalized spacial score (nSPS) is 34.0. The molecule has 0 radical (unpaired) electrons. The topological polar surface area (TPSA) is 55.8 Å². The second-order valence-electron chi connectivity index (χ2n) is 8.00. The molecule has 3 fully saturated rings. The monoisotopic (exact) mass is 451 g/mol. The van der Waals surface area contributed by atoms with Crippen molar-refractivity contribution in [2.24, 2.45) is 11.8 Å². The number of halogens is 1. The fraction of sp³-hybridized carbons (Fsp3) is 0.304. The zero-order valence-corrected chi connectivity index (χ0v) is 17.0. The summed E-state index contributed by atoms with van der Waals surface area (Å²) in [5, 5.41) is 0. The molecule has 0 N–H and O–H groups in total. The van der Waals surface area contributed by atoms with Crippen molar-refractivity contribution in [3.8, 4) is 0 Å². The number of Topliss-reactive ketones (excluding diaryl/α,β-unsaturated/α-hetero) is 2. The van der Waals surface area contributed by atoms with Crippen LogP contribution in [-0.2, 0) is 14.3 Å². The zero-order valence-electron chi connectivity index (χ0n) is 15.4. The Morgan fingerprint density at radius 1 is 1.14 bits per heavy atom. The number of fused-ring (bicyclic) bond motifs is 8. The Hall–Kier alpha value is -2.28. The van der Waals surface area contributed by atoms with E-state index in [9.17, 15) is 9.59 Å². The predicted molar refractivity (Wildman–Crippen MR) is 109 cm³/mol. The van der Waals surface area contributed by atoms with Gasteiger partial charge in [0.05, 0.1) is 30.7 Å². The molecule has 6 rings (SSSR count). The van der Waals surface area contributed by atoms with Crippen LogP contribution in [0.1, 0.15) is 27.5 Å². The first-order valence-corrected chi connectivity index (χ1v) is 10.6. The number of benzene rings is 2. The predicted octanol–water partition coefficient (Wildman–Crippen LogP) is 3.60. The summed E-state index contributed by atoms with van der Waals surface area (Å²) in [6.45, 7) is 0.353. The van der Waals surface area contributed by atoms with Crippen molar-refractivity contribution in [1.29, 1.82) is 0 Å². The maximum atomic E-state index is 13.7. The largest absolute Gasteiger partial charge is 0.359 e. The molecule has 0 spiro atoms. The molecule has 2 bridgehead atoms. The Morgan fingerprint density at radius 3 is 2.86 bits per heavy atom. The number of carbonyl (C=O) groups excluding carboxylic acids is 2. The standard InChI is InChI=1S/C23H18BrNO4/c24-14-6-3-5-13(10-14)21(26)20-17-16-11-28-23(29-16)22(27)18(17)19-15-7-2-1-4-12(15)8-9-25(19)20/h1-10,16-20,23H,11H2. The molecule has 0 saturated carbocycles. The fourth-order valence-corrected chi connectivity index (χ4v) is 5.83. The molecule has 4 heterocycles. The molecular weight excluding hydrogens is 434 g/mol. The molecule has 6 heteroatoms. The molecule has 4 aliphatic heterocycles. The van der Waals surface area contributed by atoms with Gasteiger partial charge in [-0.25, -0.2) is 0 Å². The third-order valence-electron chi connectivity index (χ3n) is 6.58. The molecule has 6 unspecified atom stereocenters. The second-order valence-corrected chi connectivity index (χ2v) is 8.92. The molecule has 2 aromatic rings. The van der Waals surface area contributed by atoms with Crippen LogP contribution in [0.3, 0.4) is 0 Å². The van der Waals surface area contributed by atoms with Crippen LogP contribution in [0.5, 0.6) is 0 Å². The summed E-state index contributed by atoms with van der Waals surface area (Å²) < 4.78 is 12.3. The summed E-state index contributed by atoms with van der Waals surface area (Å²) in [7, 11) is 0. The SMILES string of the molecule is O=C1C2OCC(O2)C2C1C1c3ccccc3C=CN1C2C(=O)c1cccc(Br)c1. The molecule has 146 valence electrons. The Labute approximate surface area is 176 Å². The van der Waals surface area contributed by atoms with E-state index in [0.29, 0.717) is 12.2 Å². The van der Waals surface area contributed by atoms with E-state index in [4.69, 9.17) is 9.47 Å². The van der Waals surface area contributed by atoms with Crippen molar-refractivity contribution < 1.29 is 19.1 Å². The summed E-state index contributed by atoms with van der Waals surface area (Å²) in [4.78, 5) is 29.1. The van der Waals surface area contributed by atoms with Gasteiger partial charge in [0.2, 0.25) is 6.29 Å². The highest BCUT2D eigenvalue weighted by Crippen LogP contribution is 2.54. The third kappa shape index (κ3) is 2.46. The Kier molecular flexibility index (Phi) is 3.85. The highest BCUT2D eigenvalue weighted by Gasteiger charge is 2.63. The van der Waals surface area contributed by atoms with E-state index in [2.05, 4.69) is 33.0 Å².